The minimum Gasteiger partial charge on any atom is -0.456 e. The zero-order chi connectivity index (χ0) is 15.6. The van der Waals surface area contributed by atoms with E-state index in [-0.39, 0.29) is 12.6 Å². The second kappa shape index (κ2) is 9.32. The van der Waals surface area contributed by atoms with Crippen LogP contribution in [0.3, 0.4) is 0 Å². The van der Waals surface area contributed by atoms with Gasteiger partial charge in [-0.2, -0.15) is 0 Å². The molecule has 0 saturated heterocycles. The Morgan fingerprint density at radius 3 is 2.40 bits per heavy atom. The lowest BCUT2D eigenvalue weighted by atomic mass is 10.0. The Hall–Kier alpha value is -1.61. The Bertz CT molecular complexity index is 412. The van der Waals surface area contributed by atoms with Crippen LogP contribution in [0.15, 0.2) is 48.1 Å². The summed E-state index contributed by atoms with van der Waals surface area (Å²) in [5.41, 5.74) is 0.669. The van der Waals surface area contributed by atoms with E-state index < -0.39 is 5.60 Å². The van der Waals surface area contributed by atoms with Gasteiger partial charge in [0.2, 0.25) is 0 Å². The molecule has 0 aromatic heterocycles. The Labute approximate surface area is 122 Å². The molecule has 0 aliphatic rings. The zero-order valence-corrected chi connectivity index (χ0v) is 13.0. The highest BCUT2D eigenvalue weighted by molar-refractivity contribution is 5.94. The topological polar surface area (TPSA) is 46.5 Å². The van der Waals surface area contributed by atoms with Crippen molar-refractivity contribution in [3.8, 4) is 0 Å². The van der Waals surface area contributed by atoms with Gasteiger partial charge in [0.15, 0.2) is 0 Å². The van der Waals surface area contributed by atoms with E-state index in [1.165, 1.54) is 0 Å². The number of hydrogen-bond donors (Lipinski definition) is 1. The number of rotatable bonds is 8. The van der Waals surface area contributed by atoms with Crippen LogP contribution in [0.25, 0.3) is 0 Å². The minimum absolute atomic E-state index is 0.0127. The largest absolute Gasteiger partial charge is 0.456 e. The molecule has 0 atom stereocenters. The van der Waals surface area contributed by atoms with Gasteiger partial charge in [-0.15, -0.1) is 6.58 Å². The fraction of sp³-hybridized carbons (Fsp3) is 0.471. The van der Waals surface area contributed by atoms with Crippen LogP contribution in [0, 0.1) is 0 Å². The lowest BCUT2D eigenvalue weighted by Crippen LogP contribution is -2.30. The van der Waals surface area contributed by atoms with Gasteiger partial charge in [-0.3, -0.25) is 0 Å². The van der Waals surface area contributed by atoms with Crippen molar-refractivity contribution < 1.29 is 14.6 Å². The molecule has 0 aliphatic heterocycles. The van der Waals surface area contributed by atoms with E-state index in [1.54, 1.807) is 32.9 Å². The number of esters is 1. The maximum absolute atomic E-state index is 12.2. The van der Waals surface area contributed by atoms with Crippen LogP contribution in [-0.2, 0) is 9.53 Å². The molecule has 3 heteroatoms. The molecule has 0 unspecified atom stereocenters. The standard InChI is InChI=1S/C17H26O3/c1-6-9-10-11-14(7-2)15(8-3)16(19)20-17(4,5)12-13-18/h6-8,10-11,18H,1,9,12-13H2,2-5H3/b11-10-,14-7+,15-8+. The summed E-state index contributed by atoms with van der Waals surface area (Å²) in [6, 6.07) is 0. The lowest BCUT2D eigenvalue weighted by Gasteiger charge is -2.25. The summed E-state index contributed by atoms with van der Waals surface area (Å²) in [6.45, 7) is 10.9. The van der Waals surface area contributed by atoms with Crippen molar-refractivity contribution in [3.63, 3.8) is 0 Å². The van der Waals surface area contributed by atoms with Crippen LogP contribution in [0.4, 0.5) is 0 Å². The predicted octanol–water partition coefficient (Wildman–Crippen LogP) is 3.72. The fourth-order valence-electron chi connectivity index (χ4n) is 1.66. The molecule has 0 bridgehead atoms. The van der Waals surface area contributed by atoms with Gasteiger partial charge in [0, 0.05) is 13.0 Å². The van der Waals surface area contributed by atoms with Gasteiger partial charge >= 0.3 is 5.97 Å². The highest BCUT2D eigenvalue weighted by Crippen LogP contribution is 2.20. The van der Waals surface area contributed by atoms with Crippen molar-refractivity contribution in [2.45, 2.75) is 46.1 Å². The zero-order valence-electron chi connectivity index (χ0n) is 13.0. The normalized spacial score (nSPS) is 13.7. The minimum atomic E-state index is -0.677. The van der Waals surface area contributed by atoms with Crippen molar-refractivity contribution in [1.29, 1.82) is 0 Å². The van der Waals surface area contributed by atoms with Crippen LogP contribution in [-0.4, -0.2) is 23.3 Å². The first-order valence-corrected chi connectivity index (χ1v) is 6.86. The average molecular weight is 278 g/mol. The fourth-order valence-corrected chi connectivity index (χ4v) is 1.66. The van der Waals surface area contributed by atoms with Crippen LogP contribution in [0.5, 0.6) is 0 Å². The average Bonchev–Trinajstić information content (AvgIpc) is 2.37. The predicted molar refractivity (Wildman–Crippen MR) is 83.3 cm³/mol. The Morgan fingerprint density at radius 1 is 1.30 bits per heavy atom. The SMILES string of the molecule is C=CC\C=C/C(=C\C)C(=C\C)/C(=O)OC(C)(C)CCO. The number of aliphatic hydroxyl groups is 1. The number of allylic oxidation sites excluding steroid dienone is 5. The molecular weight excluding hydrogens is 252 g/mol. The highest BCUT2D eigenvalue weighted by atomic mass is 16.6. The number of carbonyl (C=O) groups excluding carboxylic acids is 1. The summed E-state index contributed by atoms with van der Waals surface area (Å²) in [5, 5.41) is 8.97. The molecule has 0 fully saturated rings. The molecule has 3 nitrogen and oxygen atoms in total. The second-order valence-corrected chi connectivity index (χ2v) is 5.00. The van der Waals surface area contributed by atoms with Gasteiger partial charge in [-0.05, 0) is 39.7 Å². The molecule has 0 saturated carbocycles. The number of hydrogen-bond acceptors (Lipinski definition) is 3. The van der Waals surface area contributed by atoms with Crippen LogP contribution < -0.4 is 0 Å². The lowest BCUT2D eigenvalue weighted by molar-refractivity contribution is -0.152. The maximum atomic E-state index is 12.2. The number of aliphatic hydroxyl groups excluding tert-OH is 1. The van der Waals surface area contributed by atoms with Crippen LogP contribution in [0.2, 0.25) is 0 Å². The van der Waals surface area contributed by atoms with E-state index in [0.29, 0.717) is 12.0 Å². The van der Waals surface area contributed by atoms with Crippen molar-refractivity contribution in [1.82, 2.24) is 0 Å². The summed E-state index contributed by atoms with van der Waals surface area (Å²) in [5.74, 6) is -0.373. The van der Waals surface area contributed by atoms with Gasteiger partial charge in [0.25, 0.3) is 0 Å². The van der Waals surface area contributed by atoms with Crippen molar-refractivity contribution >= 4 is 5.97 Å². The van der Waals surface area contributed by atoms with Crippen LogP contribution in [0.1, 0.15) is 40.5 Å². The molecule has 1 N–H and O–H groups in total. The summed E-state index contributed by atoms with van der Waals surface area (Å²) in [6.07, 6.45) is 10.4. The van der Waals surface area contributed by atoms with Gasteiger partial charge in [0.05, 0.1) is 5.57 Å². The van der Waals surface area contributed by atoms with E-state index in [2.05, 4.69) is 6.58 Å². The molecule has 0 aromatic rings. The van der Waals surface area contributed by atoms with Crippen LogP contribution >= 0.6 is 0 Å². The van der Waals surface area contributed by atoms with Gasteiger partial charge in [-0.25, -0.2) is 4.79 Å². The third kappa shape index (κ3) is 6.53. The molecule has 0 amide bonds. The Kier molecular flexibility index (Phi) is 8.57. The van der Waals surface area contributed by atoms with E-state index in [4.69, 9.17) is 9.84 Å². The summed E-state index contributed by atoms with van der Waals surface area (Å²) >= 11 is 0. The van der Waals surface area contributed by atoms with Crippen molar-refractivity contribution in [2.24, 2.45) is 0 Å². The third-order valence-corrected chi connectivity index (χ3v) is 2.81. The first-order chi connectivity index (χ1) is 9.41. The van der Waals surface area contributed by atoms with Gasteiger partial charge < -0.3 is 9.84 Å². The Morgan fingerprint density at radius 2 is 1.95 bits per heavy atom. The smallest absolute Gasteiger partial charge is 0.338 e. The second-order valence-electron chi connectivity index (χ2n) is 5.00. The molecule has 0 aliphatic carbocycles. The molecule has 0 aromatic carbocycles. The van der Waals surface area contributed by atoms with Gasteiger partial charge in [-0.1, -0.05) is 30.4 Å². The molecule has 0 spiro atoms. The van der Waals surface area contributed by atoms with Crippen molar-refractivity contribution in [2.75, 3.05) is 6.61 Å². The summed E-state index contributed by atoms with van der Waals surface area (Å²) < 4.78 is 5.46. The number of ether oxygens (including phenoxy) is 1. The van der Waals surface area contributed by atoms with Gasteiger partial charge in [0.1, 0.15) is 5.60 Å². The first kappa shape index (κ1) is 18.4. The summed E-state index contributed by atoms with van der Waals surface area (Å²) in [7, 11) is 0. The van der Waals surface area contributed by atoms with E-state index in [9.17, 15) is 4.79 Å². The van der Waals surface area contributed by atoms with E-state index in [1.807, 2.05) is 25.2 Å². The van der Waals surface area contributed by atoms with Crippen molar-refractivity contribution in [3.05, 3.63) is 48.1 Å². The Balaban J connectivity index is 4.99. The first-order valence-electron chi connectivity index (χ1n) is 6.86. The quantitative estimate of drug-likeness (QED) is 0.318. The molecular formula is C17H26O3. The monoisotopic (exact) mass is 278 g/mol. The molecule has 0 rings (SSSR count). The molecule has 0 heterocycles. The maximum Gasteiger partial charge on any atom is 0.338 e. The third-order valence-electron chi connectivity index (χ3n) is 2.81. The van der Waals surface area contributed by atoms with E-state index in [0.717, 1.165) is 12.0 Å². The molecule has 112 valence electrons. The molecule has 20 heavy (non-hydrogen) atoms. The summed E-state index contributed by atoms with van der Waals surface area (Å²) in [4.78, 5) is 12.2. The molecule has 0 radical (unpaired) electrons. The highest BCUT2D eigenvalue weighted by Gasteiger charge is 2.24. The van der Waals surface area contributed by atoms with E-state index >= 15 is 0 Å². The number of carbonyl (C=O) groups is 1.